The van der Waals surface area contributed by atoms with Crippen LogP contribution < -0.4 is 15.1 Å². The maximum atomic E-state index is 12.1. The van der Waals surface area contributed by atoms with Crippen LogP contribution in [0.25, 0.3) is 11.0 Å². The van der Waals surface area contributed by atoms with Crippen LogP contribution in [0, 0.1) is 0 Å². The van der Waals surface area contributed by atoms with E-state index in [2.05, 4.69) is 15.9 Å². The highest BCUT2D eigenvalue weighted by atomic mass is 79.9. The van der Waals surface area contributed by atoms with Gasteiger partial charge in [0.15, 0.2) is 17.3 Å². The first kappa shape index (κ1) is 25.3. The number of ether oxygens (including phenoxy) is 6. The Morgan fingerprint density at radius 2 is 1.39 bits per heavy atom. The molecule has 172 valence electrons. The van der Waals surface area contributed by atoms with E-state index in [4.69, 9.17) is 32.8 Å². The van der Waals surface area contributed by atoms with Gasteiger partial charge in [-0.15, -0.1) is 0 Å². The summed E-state index contributed by atoms with van der Waals surface area (Å²) in [6, 6.07) is 4.72. The fourth-order valence-electron chi connectivity index (χ4n) is 2.53. The molecule has 0 fully saturated rings. The number of hydrogen-bond donors (Lipinski definition) is 0. The average Bonchev–Trinajstić information content (AvgIpc) is 2.77. The van der Waals surface area contributed by atoms with Crippen molar-refractivity contribution in [1.29, 1.82) is 0 Å². The Hall–Kier alpha value is -1.98. The van der Waals surface area contributed by atoms with E-state index in [1.165, 1.54) is 6.07 Å². The van der Waals surface area contributed by atoms with Crippen molar-refractivity contribution in [2.45, 2.75) is 0 Å². The molecule has 0 unspecified atom stereocenters. The number of rotatable bonds is 16. The molecule has 2 aromatic rings. The highest BCUT2D eigenvalue weighted by Gasteiger charge is 2.16. The molecular formula is C21H27BrO9. The molecule has 2 rings (SSSR count). The minimum absolute atomic E-state index is 0.0235. The standard InChI is InChI=1S/C21H27BrO9/c1-25-3-5-27-7-9-29-19-12-15-11-16(17(23)14-22)21(24)31-18(15)13-20(19)30-10-8-28-6-4-26-2/h11-13H,3-10,14H2,1-2H3. The van der Waals surface area contributed by atoms with Crippen molar-refractivity contribution in [2.75, 3.05) is 72.4 Å². The number of carbonyl (C=O) groups is 1. The van der Waals surface area contributed by atoms with Crippen molar-refractivity contribution in [1.82, 2.24) is 0 Å². The lowest BCUT2D eigenvalue weighted by molar-refractivity contribution is 0.0499. The SMILES string of the molecule is COCCOCCOc1cc2cc(C(=O)CBr)c(=O)oc2cc1OCCOCCOC. The Balaban J connectivity index is 2.16. The highest BCUT2D eigenvalue weighted by Crippen LogP contribution is 2.32. The van der Waals surface area contributed by atoms with Crippen LogP contribution in [0.15, 0.2) is 27.4 Å². The van der Waals surface area contributed by atoms with Gasteiger partial charge in [-0.1, -0.05) is 15.9 Å². The third-order valence-corrected chi connectivity index (χ3v) is 4.56. The number of halogens is 1. The second-order valence-electron chi connectivity index (χ2n) is 6.25. The topological polar surface area (TPSA) is 103 Å². The van der Waals surface area contributed by atoms with Crippen LogP contribution in [-0.2, 0) is 18.9 Å². The summed E-state index contributed by atoms with van der Waals surface area (Å²) in [4.78, 5) is 24.1. The number of hydrogen-bond acceptors (Lipinski definition) is 9. The van der Waals surface area contributed by atoms with Crippen LogP contribution >= 0.6 is 15.9 Å². The first-order valence-corrected chi connectivity index (χ1v) is 10.8. The maximum Gasteiger partial charge on any atom is 0.347 e. The molecule has 1 aromatic carbocycles. The molecule has 0 aliphatic rings. The third-order valence-electron chi connectivity index (χ3n) is 4.05. The molecule has 1 aromatic heterocycles. The van der Waals surface area contributed by atoms with Crippen LogP contribution in [0.2, 0.25) is 0 Å². The molecule has 0 atom stereocenters. The van der Waals surface area contributed by atoms with Crippen molar-refractivity contribution >= 4 is 32.7 Å². The van der Waals surface area contributed by atoms with E-state index in [0.717, 1.165) is 0 Å². The summed E-state index contributed by atoms with van der Waals surface area (Å²) in [7, 11) is 3.20. The van der Waals surface area contributed by atoms with Gasteiger partial charge in [-0.2, -0.15) is 0 Å². The van der Waals surface area contributed by atoms with Crippen LogP contribution in [0.4, 0.5) is 0 Å². The monoisotopic (exact) mass is 502 g/mol. The van der Waals surface area contributed by atoms with Crippen molar-refractivity contribution in [2.24, 2.45) is 0 Å². The average molecular weight is 503 g/mol. The quantitative estimate of drug-likeness (QED) is 0.148. The summed E-state index contributed by atoms with van der Waals surface area (Å²) in [5.74, 6) is 0.464. The van der Waals surface area contributed by atoms with Crippen LogP contribution in [0.1, 0.15) is 10.4 Å². The summed E-state index contributed by atoms with van der Waals surface area (Å²) in [6.45, 7) is 3.16. The lowest BCUT2D eigenvalue weighted by Crippen LogP contribution is -2.15. The molecule has 0 bridgehead atoms. The molecular weight excluding hydrogens is 476 g/mol. The van der Waals surface area contributed by atoms with Crippen molar-refractivity contribution in [3.63, 3.8) is 0 Å². The zero-order chi connectivity index (χ0) is 22.5. The van der Waals surface area contributed by atoms with Gasteiger partial charge in [-0.3, -0.25) is 4.79 Å². The van der Waals surface area contributed by atoms with E-state index >= 15 is 0 Å². The predicted molar refractivity (Wildman–Crippen MR) is 117 cm³/mol. The number of methoxy groups -OCH3 is 2. The van der Waals surface area contributed by atoms with Crippen molar-refractivity contribution in [3.8, 4) is 11.5 Å². The molecule has 0 amide bonds. The highest BCUT2D eigenvalue weighted by molar-refractivity contribution is 9.09. The first-order valence-electron chi connectivity index (χ1n) is 9.70. The Morgan fingerprint density at radius 1 is 0.839 bits per heavy atom. The predicted octanol–water partition coefficient (Wildman–Crippen LogP) is 2.45. The summed E-state index contributed by atoms with van der Waals surface area (Å²) in [5.41, 5.74) is -0.445. The number of Topliss-reactive ketones (excluding diaryl/α,β-unsaturated/α-hetero) is 1. The van der Waals surface area contributed by atoms with Gasteiger partial charge in [0.2, 0.25) is 0 Å². The van der Waals surface area contributed by atoms with E-state index in [-0.39, 0.29) is 35.5 Å². The number of fused-ring (bicyclic) bond motifs is 1. The second kappa shape index (κ2) is 14.2. The fourth-order valence-corrected chi connectivity index (χ4v) is 2.83. The summed E-state index contributed by atoms with van der Waals surface area (Å²) in [5, 5.41) is 0.568. The van der Waals surface area contributed by atoms with Crippen molar-refractivity contribution < 1.29 is 37.6 Å². The smallest absolute Gasteiger partial charge is 0.347 e. The van der Waals surface area contributed by atoms with E-state index in [9.17, 15) is 9.59 Å². The molecule has 0 N–H and O–H groups in total. The number of benzene rings is 1. The van der Waals surface area contributed by atoms with E-state index in [0.29, 0.717) is 56.5 Å². The van der Waals surface area contributed by atoms with Gasteiger partial charge in [0.1, 0.15) is 24.4 Å². The van der Waals surface area contributed by atoms with Gasteiger partial charge in [-0.25, -0.2) is 4.79 Å². The van der Waals surface area contributed by atoms with Crippen molar-refractivity contribution in [3.05, 3.63) is 34.2 Å². The first-order chi connectivity index (χ1) is 15.1. The maximum absolute atomic E-state index is 12.1. The number of alkyl halides is 1. The molecule has 10 heteroatoms. The second-order valence-corrected chi connectivity index (χ2v) is 6.81. The van der Waals surface area contributed by atoms with Gasteiger partial charge < -0.3 is 32.8 Å². The minimum Gasteiger partial charge on any atom is -0.487 e. The zero-order valence-corrected chi connectivity index (χ0v) is 19.2. The van der Waals surface area contributed by atoms with E-state index in [1.54, 1.807) is 26.4 Å². The summed E-state index contributed by atoms with van der Waals surface area (Å²) >= 11 is 3.07. The molecule has 0 spiro atoms. The molecule has 31 heavy (non-hydrogen) atoms. The minimum atomic E-state index is -0.703. The van der Waals surface area contributed by atoms with Crippen LogP contribution in [0.5, 0.6) is 11.5 Å². The number of carbonyl (C=O) groups excluding carboxylic acids is 1. The number of ketones is 1. The summed E-state index contributed by atoms with van der Waals surface area (Å²) < 4.78 is 37.6. The lowest BCUT2D eigenvalue weighted by Gasteiger charge is -2.14. The largest absolute Gasteiger partial charge is 0.487 e. The van der Waals surface area contributed by atoms with E-state index in [1.807, 2.05) is 0 Å². The Kier molecular flexibility index (Phi) is 11.5. The fraction of sp³-hybridized carbons (Fsp3) is 0.524. The zero-order valence-electron chi connectivity index (χ0n) is 17.6. The molecule has 0 aliphatic carbocycles. The van der Waals surface area contributed by atoms with Gasteiger partial charge in [0.05, 0.1) is 45.0 Å². The summed E-state index contributed by atoms with van der Waals surface area (Å²) in [6.07, 6.45) is 0. The van der Waals surface area contributed by atoms with Gasteiger partial charge in [0, 0.05) is 25.7 Å². The van der Waals surface area contributed by atoms with Gasteiger partial charge in [0.25, 0.3) is 0 Å². The van der Waals surface area contributed by atoms with Crippen LogP contribution in [-0.4, -0.2) is 78.2 Å². The lowest BCUT2D eigenvalue weighted by atomic mass is 10.1. The molecule has 0 saturated heterocycles. The van der Waals surface area contributed by atoms with Gasteiger partial charge in [-0.05, 0) is 12.1 Å². The van der Waals surface area contributed by atoms with Gasteiger partial charge >= 0.3 is 5.63 Å². The molecule has 0 aliphatic heterocycles. The Bertz CT molecular complexity index is 881. The Labute approximate surface area is 188 Å². The van der Waals surface area contributed by atoms with E-state index < -0.39 is 5.63 Å². The normalized spacial score (nSPS) is 11.1. The molecule has 1 heterocycles. The Morgan fingerprint density at radius 3 is 1.94 bits per heavy atom. The third kappa shape index (κ3) is 8.23. The van der Waals surface area contributed by atoms with Crippen LogP contribution in [0.3, 0.4) is 0 Å². The molecule has 0 saturated carbocycles. The molecule has 9 nitrogen and oxygen atoms in total. The molecule has 0 radical (unpaired) electrons.